The lowest BCUT2D eigenvalue weighted by atomic mass is 10.3. The predicted octanol–water partition coefficient (Wildman–Crippen LogP) is -1.01. The minimum atomic E-state index is -0.525. The van der Waals surface area contributed by atoms with E-state index in [2.05, 4.69) is 6.58 Å². The van der Waals surface area contributed by atoms with Gasteiger partial charge >= 0.3 is 0 Å². The lowest BCUT2D eigenvalue weighted by molar-refractivity contribution is -0.114. The molecule has 40 valence electrons. The topological polar surface area (TPSA) is 69.1 Å². The van der Waals surface area contributed by atoms with E-state index in [1.54, 1.807) is 0 Å². The van der Waals surface area contributed by atoms with Crippen molar-refractivity contribution in [2.45, 2.75) is 0 Å². The average Bonchev–Trinajstić information content (AvgIpc) is 1.65. The van der Waals surface area contributed by atoms with Crippen LogP contribution in [0.15, 0.2) is 12.2 Å². The quantitative estimate of drug-likeness (QED) is 0.436. The summed E-state index contributed by atoms with van der Waals surface area (Å²) in [5, 5.41) is 0. The fourth-order valence-electron chi connectivity index (χ4n) is 0.101. The fourth-order valence-corrected chi connectivity index (χ4v) is 0.101. The first-order chi connectivity index (χ1) is 3.18. The summed E-state index contributed by atoms with van der Waals surface area (Å²) >= 11 is 0. The molecule has 0 unspecified atom stereocenters. The molecule has 0 fully saturated rings. The van der Waals surface area contributed by atoms with Gasteiger partial charge in [0.15, 0.2) is 0 Å². The van der Waals surface area contributed by atoms with Crippen LogP contribution in [0.5, 0.6) is 0 Å². The maximum Gasteiger partial charge on any atom is 0.245 e. The third-order valence-corrected chi connectivity index (χ3v) is 0.595. The molecule has 0 aromatic carbocycles. The van der Waals surface area contributed by atoms with Crippen molar-refractivity contribution in [2.24, 2.45) is 11.5 Å². The van der Waals surface area contributed by atoms with E-state index in [0.717, 1.165) is 0 Å². The van der Waals surface area contributed by atoms with Gasteiger partial charge in [0, 0.05) is 12.1 Å². The molecule has 7 heavy (non-hydrogen) atoms. The van der Waals surface area contributed by atoms with Crippen LogP contribution in [0.3, 0.4) is 0 Å². The zero-order valence-corrected chi connectivity index (χ0v) is 3.98. The number of carbonyl (C=O) groups excluding carboxylic acids is 1. The van der Waals surface area contributed by atoms with Crippen LogP contribution in [-0.2, 0) is 4.79 Å². The minimum Gasteiger partial charge on any atom is -0.366 e. The molecule has 0 saturated heterocycles. The van der Waals surface area contributed by atoms with Crippen LogP contribution in [0.1, 0.15) is 0 Å². The van der Waals surface area contributed by atoms with Crippen LogP contribution in [0.25, 0.3) is 0 Å². The monoisotopic (exact) mass is 100 g/mol. The van der Waals surface area contributed by atoms with Crippen molar-refractivity contribution in [3.8, 4) is 0 Å². The Hall–Kier alpha value is -0.830. The number of primary amides is 1. The Morgan fingerprint density at radius 1 is 1.71 bits per heavy atom. The van der Waals surface area contributed by atoms with Crippen molar-refractivity contribution in [1.29, 1.82) is 0 Å². The highest BCUT2D eigenvalue weighted by Crippen LogP contribution is 1.78. The Labute approximate surface area is 42.0 Å². The number of hydrogen-bond donors (Lipinski definition) is 2. The third-order valence-electron chi connectivity index (χ3n) is 0.595. The van der Waals surface area contributed by atoms with Gasteiger partial charge in [-0.15, -0.1) is 0 Å². The van der Waals surface area contributed by atoms with Crippen molar-refractivity contribution in [3.63, 3.8) is 0 Å². The zero-order chi connectivity index (χ0) is 5.86. The summed E-state index contributed by atoms with van der Waals surface area (Å²) in [7, 11) is 0. The smallest absolute Gasteiger partial charge is 0.245 e. The van der Waals surface area contributed by atoms with Crippen LogP contribution >= 0.6 is 0 Å². The van der Waals surface area contributed by atoms with E-state index in [9.17, 15) is 4.79 Å². The molecule has 3 heteroatoms. The van der Waals surface area contributed by atoms with E-state index in [0.29, 0.717) is 0 Å². The van der Waals surface area contributed by atoms with Gasteiger partial charge in [-0.1, -0.05) is 6.58 Å². The van der Waals surface area contributed by atoms with Gasteiger partial charge < -0.3 is 11.5 Å². The molecular formula is C4H8N2O. The Bertz CT molecular complexity index is 97.9. The summed E-state index contributed by atoms with van der Waals surface area (Å²) in [4.78, 5) is 9.97. The van der Waals surface area contributed by atoms with E-state index >= 15 is 0 Å². The molecule has 4 N–H and O–H groups in total. The Morgan fingerprint density at radius 3 is 2.14 bits per heavy atom. The molecule has 0 spiro atoms. The number of rotatable bonds is 2. The number of amides is 1. The highest BCUT2D eigenvalue weighted by molar-refractivity contribution is 5.91. The molecular weight excluding hydrogens is 92.1 g/mol. The molecule has 0 atom stereocenters. The van der Waals surface area contributed by atoms with Crippen molar-refractivity contribution in [3.05, 3.63) is 12.2 Å². The molecule has 0 aromatic rings. The van der Waals surface area contributed by atoms with Crippen molar-refractivity contribution >= 4 is 5.91 Å². The van der Waals surface area contributed by atoms with Crippen LogP contribution in [0.2, 0.25) is 0 Å². The van der Waals surface area contributed by atoms with Gasteiger partial charge in [0.1, 0.15) is 0 Å². The van der Waals surface area contributed by atoms with E-state index < -0.39 is 5.91 Å². The van der Waals surface area contributed by atoms with Gasteiger partial charge in [-0.3, -0.25) is 4.79 Å². The first-order valence-corrected chi connectivity index (χ1v) is 1.86. The standard InChI is InChI=1S/C4H8N2O/c1-3(2-5)4(6)7/h1-2,5H2,(H2,6,7). The molecule has 1 amide bonds. The highest BCUT2D eigenvalue weighted by Gasteiger charge is 1.93. The zero-order valence-electron chi connectivity index (χ0n) is 3.98. The molecule has 0 aliphatic heterocycles. The normalized spacial score (nSPS) is 8.14. The first kappa shape index (κ1) is 6.17. The molecule has 0 aromatic heterocycles. The maximum absolute atomic E-state index is 9.97. The second-order valence-electron chi connectivity index (χ2n) is 1.17. The van der Waals surface area contributed by atoms with Gasteiger partial charge in [0.2, 0.25) is 5.91 Å². The molecule has 0 heterocycles. The van der Waals surface area contributed by atoms with Gasteiger partial charge in [-0.05, 0) is 0 Å². The van der Waals surface area contributed by atoms with E-state index in [-0.39, 0.29) is 12.1 Å². The van der Waals surface area contributed by atoms with Crippen LogP contribution in [-0.4, -0.2) is 12.5 Å². The van der Waals surface area contributed by atoms with Crippen molar-refractivity contribution < 1.29 is 4.79 Å². The molecule has 0 radical (unpaired) electrons. The molecule has 3 nitrogen and oxygen atoms in total. The molecule has 0 aliphatic rings. The van der Waals surface area contributed by atoms with Crippen LogP contribution in [0.4, 0.5) is 0 Å². The number of nitrogens with two attached hydrogens (primary N) is 2. The van der Waals surface area contributed by atoms with Gasteiger partial charge in [-0.25, -0.2) is 0 Å². The Balaban J connectivity index is 3.58. The van der Waals surface area contributed by atoms with Crippen molar-refractivity contribution in [1.82, 2.24) is 0 Å². The van der Waals surface area contributed by atoms with Crippen LogP contribution < -0.4 is 11.5 Å². The van der Waals surface area contributed by atoms with E-state index in [4.69, 9.17) is 11.5 Å². The lowest BCUT2D eigenvalue weighted by Crippen LogP contribution is -2.19. The maximum atomic E-state index is 9.97. The number of hydrogen-bond acceptors (Lipinski definition) is 2. The highest BCUT2D eigenvalue weighted by atomic mass is 16.1. The average molecular weight is 100 g/mol. The first-order valence-electron chi connectivity index (χ1n) is 1.86. The molecule has 0 bridgehead atoms. The van der Waals surface area contributed by atoms with Crippen molar-refractivity contribution in [2.75, 3.05) is 6.54 Å². The van der Waals surface area contributed by atoms with Gasteiger partial charge in [0.05, 0.1) is 0 Å². The fraction of sp³-hybridized carbons (Fsp3) is 0.250. The largest absolute Gasteiger partial charge is 0.366 e. The predicted molar refractivity (Wildman–Crippen MR) is 27.4 cm³/mol. The minimum absolute atomic E-state index is 0.148. The molecule has 0 saturated carbocycles. The summed E-state index contributed by atoms with van der Waals surface area (Å²) in [6.45, 7) is 3.42. The third kappa shape index (κ3) is 1.94. The Kier molecular flexibility index (Phi) is 2.08. The second-order valence-corrected chi connectivity index (χ2v) is 1.17. The second kappa shape index (κ2) is 2.36. The number of carbonyl (C=O) groups is 1. The summed E-state index contributed by atoms with van der Waals surface area (Å²) in [5.41, 5.74) is 9.96. The molecule has 0 aliphatic carbocycles. The van der Waals surface area contributed by atoms with E-state index in [1.165, 1.54) is 0 Å². The van der Waals surface area contributed by atoms with Gasteiger partial charge in [0.25, 0.3) is 0 Å². The summed E-state index contributed by atoms with van der Waals surface area (Å²) in [5.74, 6) is -0.525. The van der Waals surface area contributed by atoms with Gasteiger partial charge in [-0.2, -0.15) is 0 Å². The SMILES string of the molecule is C=C(CN)C(N)=O. The lowest BCUT2D eigenvalue weighted by Gasteiger charge is -1.89. The summed E-state index contributed by atoms with van der Waals surface area (Å²) in [6.07, 6.45) is 0. The van der Waals surface area contributed by atoms with Crippen LogP contribution in [0, 0.1) is 0 Å². The Morgan fingerprint density at radius 2 is 2.14 bits per heavy atom. The van der Waals surface area contributed by atoms with E-state index in [1.807, 2.05) is 0 Å². The summed E-state index contributed by atoms with van der Waals surface area (Å²) in [6, 6.07) is 0. The summed E-state index contributed by atoms with van der Waals surface area (Å²) < 4.78 is 0. The molecule has 0 rings (SSSR count).